The molecule has 0 unspecified atom stereocenters. The second-order valence-corrected chi connectivity index (χ2v) is 9.79. The van der Waals surface area contributed by atoms with Crippen LogP contribution in [-0.2, 0) is 9.59 Å². The van der Waals surface area contributed by atoms with E-state index in [0.29, 0.717) is 21.7 Å². The number of halogens is 1. The van der Waals surface area contributed by atoms with Crippen molar-refractivity contribution in [1.82, 2.24) is 10.7 Å². The lowest BCUT2D eigenvalue weighted by atomic mass is 9.89. The van der Waals surface area contributed by atoms with Crippen LogP contribution in [0.2, 0.25) is 5.02 Å². The molecule has 2 N–H and O–H groups in total. The van der Waals surface area contributed by atoms with Gasteiger partial charge in [0, 0.05) is 33.8 Å². The summed E-state index contributed by atoms with van der Waals surface area (Å²) in [5.74, 6) is -1.65. The van der Waals surface area contributed by atoms with Gasteiger partial charge < -0.3 is 9.73 Å². The van der Waals surface area contributed by atoms with Crippen molar-refractivity contribution >= 4 is 35.3 Å². The minimum atomic E-state index is -0.866. The molecule has 0 saturated carbocycles. The monoisotopic (exact) mass is 558 g/mol. The van der Waals surface area contributed by atoms with Gasteiger partial charge in [-0.05, 0) is 23.1 Å². The van der Waals surface area contributed by atoms with Gasteiger partial charge in [-0.3, -0.25) is 19.7 Å². The number of furan rings is 1. The molecule has 10 heteroatoms. The quantitative estimate of drug-likeness (QED) is 0.142. The fourth-order valence-corrected chi connectivity index (χ4v) is 4.47. The van der Waals surface area contributed by atoms with E-state index in [1.165, 1.54) is 36.9 Å². The number of amides is 2. The molecule has 0 fully saturated rings. The Labute approximate surface area is 236 Å². The molecule has 1 heterocycles. The number of rotatable bonds is 10. The third kappa shape index (κ3) is 6.62. The van der Waals surface area contributed by atoms with Crippen LogP contribution in [0.1, 0.15) is 36.5 Å². The number of carbonyl (C=O) groups is 2. The summed E-state index contributed by atoms with van der Waals surface area (Å²) in [5, 5.41) is 18.4. The number of hydrogen-bond acceptors (Lipinski definition) is 6. The summed E-state index contributed by atoms with van der Waals surface area (Å²) in [7, 11) is 0. The van der Waals surface area contributed by atoms with Gasteiger partial charge in [-0.2, -0.15) is 5.10 Å². The van der Waals surface area contributed by atoms with Crippen LogP contribution in [0, 0.1) is 16.0 Å². The molecule has 0 saturated heterocycles. The Kier molecular flexibility index (Phi) is 9.08. The van der Waals surface area contributed by atoms with E-state index < -0.39 is 22.8 Å². The summed E-state index contributed by atoms with van der Waals surface area (Å²) >= 11 is 6.27. The molecule has 0 radical (unpaired) electrons. The van der Waals surface area contributed by atoms with Crippen molar-refractivity contribution in [3.63, 3.8) is 0 Å². The molecule has 4 aromatic rings. The maximum Gasteiger partial charge on any atom is 0.270 e. The van der Waals surface area contributed by atoms with E-state index >= 15 is 0 Å². The van der Waals surface area contributed by atoms with Crippen molar-refractivity contribution in [2.45, 2.75) is 25.8 Å². The summed E-state index contributed by atoms with van der Waals surface area (Å²) in [4.78, 5) is 37.3. The van der Waals surface area contributed by atoms with Crippen molar-refractivity contribution in [1.29, 1.82) is 0 Å². The van der Waals surface area contributed by atoms with Crippen LogP contribution in [0.4, 0.5) is 5.69 Å². The molecule has 204 valence electrons. The summed E-state index contributed by atoms with van der Waals surface area (Å²) in [6, 6.07) is 21.9. The highest BCUT2D eigenvalue weighted by molar-refractivity contribution is 6.33. The minimum Gasteiger partial charge on any atom is -0.471 e. The molecule has 0 aliphatic heterocycles. The number of carbonyl (C=O) groups excluding carboxylic acids is 2. The van der Waals surface area contributed by atoms with E-state index in [4.69, 9.17) is 16.0 Å². The molecular formula is C30H27ClN4O5. The molecule has 0 aliphatic rings. The van der Waals surface area contributed by atoms with E-state index in [-0.39, 0.29) is 17.5 Å². The zero-order chi connectivity index (χ0) is 28.6. The van der Waals surface area contributed by atoms with Gasteiger partial charge in [0.2, 0.25) is 5.91 Å². The molecule has 9 nitrogen and oxygen atoms in total. The number of benzene rings is 3. The average Bonchev–Trinajstić information content (AvgIpc) is 3.41. The molecule has 1 aromatic heterocycles. The first-order valence-electron chi connectivity index (χ1n) is 12.5. The number of nitrogens with zero attached hydrogens (tertiary/aromatic N) is 2. The number of non-ortho nitro benzene ring substituents is 1. The third-order valence-electron chi connectivity index (χ3n) is 6.30. The fourth-order valence-electron chi connectivity index (χ4n) is 4.25. The molecule has 0 aliphatic carbocycles. The molecule has 40 heavy (non-hydrogen) atoms. The second-order valence-electron chi connectivity index (χ2n) is 9.38. The molecule has 1 atom stereocenters. The Hall–Kier alpha value is -4.76. The molecule has 0 spiro atoms. The Bertz CT molecular complexity index is 1480. The number of hydrazone groups is 1. The number of nitro benzene ring substituents is 1. The maximum atomic E-state index is 13.5. The lowest BCUT2D eigenvalue weighted by Gasteiger charge is -2.24. The number of nitro groups is 1. The highest BCUT2D eigenvalue weighted by Gasteiger charge is 2.29. The largest absolute Gasteiger partial charge is 0.471 e. The van der Waals surface area contributed by atoms with Gasteiger partial charge in [-0.25, -0.2) is 5.43 Å². The van der Waals surface area contributed by atoms with Gasteiger partial charge in [-0.15, -0.1) is 0 Å². The van der Waals surface area contributed by atoms with Crippen LogP contribution >= 0.6 is 11.6 Å². The van der Waals surface area contributed by atoms with Gasteiger partial charge in [0.25, 0.3) is 11.6 Å². The lowest BCUT2D eigenvalue weighted by Crippen LogP contribution is -2.50. The van der Waals surface area contributed by atoms with Crippen molar-refractivity contribution in [2.75, 3.05) is 0 Å². The number of nitrogens with one attached hydrogen (secondary N) is 2. The van der Waals surface area contributed by atoms with Crippen molar-refractivity contribution in [2.24, 2.45) is 11.0 Å². The molecule has 0 bridgehead atoms. The first kappa shape index (κ1) is 28.3. The first-order valence-corrected chi connectivity index (χ1v) is 12.9. The van der Waals surface area contributed by atoms with Crippen molar-refractivity contribution in [3.8, 4) is 11.1 Å². The molecule has 3 aromatic carbocycles. The van der Waals surface area contributed by atoms with Crippen LogP contribution in [0.3, 0.4) is 0 Å². The normalized spacial score (nSPS) is 12.0. The Morgan fingerprint density at radius 1 is 0.925 bits per heavy atom. The average molecular weight is 559 g/mol. The van der Waals surface area contributed by atoms with Gasteiger partial charge >= 0.3 is 0 Å². The van der Waals surface area contributed by atoms with Gasteiger partial charge in [-0.1, -0.05) is 86.1 Å². The smallest absolute Gasteiger partial charge is 0.270 e. The van der Waals surface area contributed by atoms with E-state index in [1.54, 1.807) is 0 Å². The predicted octanol–water partition coefficient (Wildman–Crippen LogP) is 5.93. The van der Waals surface area contributed by atoms with Crippen LogP contribution in [0.25, 0.3) is 11.1 Å². The SMILES string of the molecule is CC(C)[C@@H](NC(=O)C(c1ccccc1)c1ccccc1)C(=O)N/N=C/c1cocc1-c1cc([N+](=O)[O-])ccc1Cl. The van der Waals surface area contributed by atoms with Crippen LogP contribution in [0.15, 0.2) is 101 Å². The molecule has 4 rings (SSSR count). The van der Waals surface area contributed by atoms with Gasteiger partial charge in [0.1, 0.15) is 6.04 Å². The third-order valence-corrected chi connectivity index (χ3v) is 6.63. The van der Waals surface area contributed by atoms with E-state index in [1.807, 2.05) is 74.5 Å². The second kappa shape index (κ2) is 12.9. The minimum absolute atomic E-state index is 0.128. The lowest BCUT2D eigenvalue weighted by molar-refractivity contribution is -0.384. The van der Waals surface area contributed by atoms with Gasteiger partial charge in [0.15, 0.2) is 0 Å². The van der Waals surface area contributed by atoms with Crippen molar-refractivity contribution in [3.05, 3.63) is 123 Å². The van der Waals surface area contributed by atoms with Crippen LogP contribution in [0.5, 0.6) is 0 Å². The van der Waals surface area contributed by atoms with Crippen LogP contribution < -0.4 is 10.7 Å². The summed E-state index contributed by atoms with van der Waals surface area (Å²) in [5.41, 5.74) is 5.26. The fraction of sp³-hybridized carbons (Fsp3) is 0.167. The summed E-state index contributed by atoms with van der Waals surface area (Å²) in [6.07, 6.45) is 4.12. The standard InChI is InChI=1S/C30H27ClN4O5/c1-19(2)28(33-29(36)27(20-9-5-3-6-10-20)21-11-7-4-8-12-21)30(37)34-32-16-22-17-40-18-25(22)24-15-23(35(38)39)13-14-26(24)31/h3-19,27-28H,1-2H3,(H,33,36)(H,34,37)/b32-16+/t28-/m1/s1. The van der Waals surface area contributed by atoms with Gasteiger partial charge in [0.05, 0.1) is 29.6 Å². The zero-order valence-electron chi connectivity index (χ0n) is 21.8. The first-order chi connectivity index (χ1) is 19.3. The van der Waals surface area contributed by atoms with Crippen molar-refractivity contribution < 1.29 is 18.9 Å². The maximum absolute atomic E-state index is 13.5. The molecular weight excluding hydrogens is 532 g/mol. The summed E-state index contributed by atoms with van der Waals surface area (Å²) in [6.45, 7) is 3.65. The highest BCUT2D eigenvalue weighted by Crippen LogP contribution is 2.33. The van der Waals surface area contributed by atoms with E-state index in [0.717, 1.165) is 11.1 Å². The Balaban J connectivity index is 1.51. The predicted molar refractivity (Wildman–Crippen MR) is 153 cm³/mol. The Morgan fingerprint density at radius 2 is 1.55 bits per heavy atom. The topological polar surface area (TPSA) is 127 Å². The summed E-state index contributed by atoms with van der Waals surface area (Å²) < 4.78 is 5.27. The van der Waals surface area contributed by atoms with E-state index in [2.05, 4.69) is 15.8 Å². The highest BCUT2D eigenvalue weighted by atomic mass is 35.5. The number of hydrogen-bond donors (Lipinski definition) is 2. The molecule has 2 amide bonds. The Morgan fingerprint density at radius 3 is 2.12 bits per heavy atom. The van der Waals surface area contributed by atoms with E-state index in [9.17, 15) is 19.7 Å². The zero-order valence-corrected chi connectivity index (χ0v) is 22.5. The van der Waals surface area contributed by atoms with Crippen LogP contribution in [-0.4, -0.2) is 29.0 Å².